The molecule has 0 aliphatic carbocycles. The molecule has 0 atom stereocenters. The fourth-order valence-corrected chi connectivity index (χ4v) is 2.12. The second kappa shape index (κ2) is 4.82. The van der Waals surface area contributed by atoms with Crippen molar-refractivity contribution < 1.29 is 0 Å². The van der Waals surface area contributed by atoms with Crippen LogP contribution in [0, 0.1) is 6.92 Å². The highest BCUT2D eigenvalue weighted by Gasteiger charge is 2.15. The van der Waals surface area contributed by atoms with Crippen LogP contribution in [0.15, 0.2) is 48.9 Å². The number of halogens is 1. The molecular weight excluding hydrogens is 260 g/mol. The molecule has 4 nitrogen and oxygen atoms in total. The monoisotopic (exact) mass is 270 g/mol. The van der Waals surface area contributed by atoms with Crippen LogP contribution in [-0.2, 0) is 0 Å². The fourth-order valence-electron chi connectivity index (χ4n) is 1.91. The summed E-state index contributed by atoms with van der Waals surface area (Å²) in [4.78, 5) is 8.06. The van der Waals surface area contributed by atoms with Crippen molar-refractivity contribution >= 4 is 11.6 Å². The Labute approximate surface area is 115 Å². The molecule has 0 unspecified atom stereocenters. The zero-order valence-corrected chi connectivity index (χ0v) is 11.0. The van der Waals surface area contributed by atoms with Crippen LogP contribution in [0.1, 0.15) is 5.56 Å². The third kappa shape index (κ3) is 2.11. The van der Waals surface area contributed by atoms with E-state index in [-0.39, 0.29) is 0 Å². The number of rotatable bonds is 2. The molecule has 0 saturated heterocycles. The summed E-state index contributed by atoms with van der Waals surface area (Å²) in [5.41, 5.74) is 2.84. The van der Waals surface area contributed by atoms with E-state index in [1.54, 1.807) is 16.9 Å². The van der Waals surface area contributed by atoms with Gasteiger partial charge in [0.05, 0.1) is 5.69 Å². The molecule has 0 N–H and O–H groups in total. The molecule has 0 fully saturated rings. The van der Waals surface area contributed by atoms with Gasteiger partial charge in [-0.1, -0.05) is 41.9 Å². The van der Waals surface area contributed by atoms with E-state index in [0.717, 1.165) is 16.8 Å². The Balaban J connectivity index is 2.16. The predicted molar refractivity (Wildman–Crippen MR) is 74.3 cm³/mol. The lowest BCUT2D eigenvalue weighted by Gasteiger charge is -2.00. The van der Waals surface area contributed by atoms with Gasteiger partial charge in [0.2, 0.25) is 0 Å². The van der Waals surface area contributed by atoms with Gasteiger partial charge in [-0.3, -0.25) is 0 Å². The predicted octanol–water partition coefficient (Wildman–Crippen LogP) is 3.29. The molecule has 0 aliphatic rings. The van der Waals surface area contributed by atoms with Crippen LogP contribution < -0.4 is 0 Å². The van der Waals surface area contributed by atoms with E-state index in [2.05, 4.69) is 15.1 Å². The molecule has 5 heteroatoms. The number of hydrogen-bond donors (Lipinski definition) is 0. The van der Waals surface area contributed by atoms with E-state index < -0.39 is 0 Å². The minimum Gasteiger partial charge on any atom is -0.245 e. The van der Waals surface area contributed by atoms with Crippen molar-refractivity contribution in [3.8, 4) is 17.1 Å². The van der Waals surface area contributed by atoms with Gasteiger partial charge in [-0.2, -0.15) is 5.10 Å². The molecule has 19 heavy (non-hydrogen) atoms. The summed E-state index contributed by atoms with van der Waals surface area (Å²) in [7, 11) is 0. The molecule has 0 aliphatic heterocycles. The largest absolute Gasteiger partial charge is 0.245 e. The zero-order valence-electron chi connectivity index (χ0n) is 10.3. The van der Waals surface area contributed by atoms with E-state index >= 15 is 0 Å². The summed E-state index contributed by atoms with van der Waals surface area (Å²) in [6, 6.07) is 11.7. The van der Waals surface area contributed by atoms with Crippen LogP contribution in [0.4, 0.5) is 0 Å². The molecule has 2 heterocycles. The van der Waals surface area contributed by atoms with Gasteiger partial charge < -0.3 is 0 Å². The highest BCUT2D eigenvalue weighted by Crippen LogP contribution is 2.29. The van der Waals surface area contributed by atoms with Gasteiger partial charge in [-0.25, -0.2) is 14.6 Å². The van der Waals surface area contributed by atoms with Crippen molar-refractivity contribution in [3.63, 3.8) is 0 Å². The molecule has 2 aromatic heterocycles. The summed E-state index contributed by atoms with van der Waals surface area (Å²) < 4.78 is 1.63. The number of benzene rings is 1. The molecule has 0 amide bonds. The van der Waals surface area contributed by atoms with Crippen molar-refractivity contribution in [2.75, 3.05) is 0 Å². The number of aromatic nitrogens is 4. The van der Waals surface area contributed by atoms with E-state index in [0.29, 0.717) is 11.0 Å². The maximum absolute atomic E-state index is 6.34. The van der Waals surface area contributed by atoms with Crippen LogP contribution in [0.2, 0.25) is 5.15 Å². The van der Waals surface area contributed by atoms with E-state index in [9.17, 15) is 0 Å². The summed E-state index contributed by atoms with van der Waals surface area (Å²) in [6.07, 6.45) is 3.14. The summed E-state index contributed by atoms with van der Waals surface area (Å²) in [5, 5.41) is 5.11. The zero-order chi connectivity index (χ0) is 13.2. The van der Waals surface area contributed by atoms with Crippen LogP contribution in [0.25, 0.3) is 17.1 Å². The first-order valence-corrected chi connectivity index (χ1v) is 6.22. The Hall–Kier alpha value is -2.20. The maximum atomic E-state index is 6.34. The first-order valence-electron chi connectivity index (χ1n) is 5.84. The number of nitrogens with zero attached hydrogens (tertiary/aromatic N) is 4. The van der Waals surface area contributed by atoms with E-state index in [4.69, 9.17) is 11.6 Å². The van der Waals surface area contributed by atoms with Gasteiger partial charge in [0.1, 0.15) is 11.5 Å². The van der Waals surface area contributed by atoms with Crippen molar-refractivity contribution in [1.82, 2.24) is 19.7 Å². The van der Waals surface area contributed by atoms with E-state index in [1.807, 2.05) is 37.3 Å². The molecule has 0 spiro atoms. The Morgan fingerprint density at radius 3 is 2.58 bits per heavy atom. The first kappa shape index (κ1) is 11.9. The first-order chi connectivity index (χ1) is 9.27. The van der Waals surface area contributed by atoms with Crippen LogP contribution >= 0.6 is 11.6 Å². The van der Waals surface area contributed by atoms with Gasteiger partial charge in [0.25, 0.3) is 0 Å². The molecular formula is C14H11ClN4. The van der Waals surface area contributed by atoms with Crippen molar-refractivity contribution in [2.24, 2.45) is 0 Å². The van der Waals surface area contributed by atoms with Crippen molar-refractivity contribution in [3.05, 3.63) is 59.6 Å². The normalized spacial score (nSPS) is 10.6. The molecule has 0 saturated carbocycles. The quantitative estimate of drug-likeness (QED) is 0.718. The minimum absolute atomic E-state index is 0.567. The highest BCUT2D eigenvalue weighted by molar-refractivity contribution is 6.31. The van der Waals surface area contributed by atoms with Gasteiger partial charge in [-0.05, 0) is 6.92 Å². The highest BCUT2D eigenvalue weighted by atomic mass is 35.5. The molecule has 3 aromatic rings. The summed E-state index contributed by atoms with van der Waals surface area (Å²) >= 11 is 6.34. The molecule has 0 bridgehead atoms. The van der Waals surface area contributed by atoms with Crippen molar-refractivity contribution in [1.29, 1.82) is 0 Å². The molecule has 0 radical (unpaired) electrons. The third-order valence-corrected chi connectivity index (χ3v) is 3.32. The second-order valence-electron chi connectivity index (χ2n) is 4.11. The van der Waals surface area contributed by atoms with Gasteiger partial charge in [0.15, 0.2) is 5.82 Å². The summed E-state index contributed by atoms with van der Waals surface area (Å²) in [5.74, 6) is 0.658. The Bertz CT molecular complexity index is 632. The van der Waals surface area contributed by atoms with Crippen LogP contribution in [0.3, 0.4) is 0 Å². The average molecular weight is 271 g/mol. The second-order valence-corrected chi connectivity index (χ2v) is 4.47. The van der Waals surface area contributed by atoms with Gasteiger partial charge >= 0.3 is 0 Å². The Morgan fingerprint density at radius 1 is 1.11 bits per heavy atom. The number of hydrogen-bond acceptors (Lipinski definition) is 3. The topological polar surface area (TPSA) is 43.6 Å². The van der Waals surface area contributed by atoms with Crippen LogP contribution in [-0.4, -0.2) is 19.7 Å². The Kier molecular flexibility index (Phi) is 3.01. The van der Waals surface area contributed by atoms with Gasteiger partial charge in [-0.15, -0.1) is 0 Å². The smallest absolute Gasteiger partial charge is 0.158 e. The third-order valence-electron chi connectivity index (χ3n) is 2.88. The fraction of sp³-hybridized carbons (Fsp3) is 0.0714. The Morgan fingerprint density at radius 2 is 1.89 bits per heavy atom. The van der Waals surface area contributed by atoms with Crippen molar-refractivity contribution in [2.45, 2.75) is 6.92 Å². The lowest BCUT2D eigenvalue weighted by Crippen LogP contribution is -1.99. The molecule has 1 aromatic carbocycles. The lowest BCUT2D eigenvalue weighted by atomic mass is 10.1. The minimum atomic E-state index is 0.567. The molecule has 94 valence electrons. The standard InChI is InChI=1S/C14H11ClN4/c1-10-13(11-5-3-2-4-6-11)18-19(14(10)15)12-7-8-16-9-17-12/h2-9H,1H3. The SMILES string of the molecule is Cc1c(-c2ccccc2)nn(-c2ccncn2)c1Cl. The van der Waals surface area contributed by atoms with E-state index in [1.165, 1.54) is 6.33 Å². The molecule has 3 rings (SSSR count). The maximum Gasteiger partial charge on any atom is 0.158 e. The average Bonchev–Trinajstić information content (AvgIpc) is 2.77. The lowest BCUT2D eigenvalue weighted by molar-refractivity contribution is 0.843. The summed E-state index contributed by atoms with van der Waals surface area (Å²) in [6.45, 7) is 1.95. The van der Waals surface area contributed by atoms with Crippen LogP contribution in [0.5, 0.6) is 0 Å². The van der Waals surface area contributed by atoms with Gasteiger partial charge in [0, 0.05) is 23.4 Å².